The molecule has 3 heterocycles. The van der Waals surface area contributed by atoms with Gasteiger partial charge in [-0.05, 0) is 25.0 Å². The van der Waals surface area contributed by atoms with Crippen LogP contribution in [0.1, 0.15) is 18.2 Å². The van der Waals surface area contributed by atoms with Crippen LogP contribution in [0.2, 0.25) is 5.15 Å². The number of anilines is 1. The number of aryl methyl sites for hydroxylation is 2. The Balaban J connectivity index is 1.90. The van der Waals surface area contributed by atoms with E-state index in [0.717, 1.165) is 5.56 Å². The molecule has 148 valence electrons. The van der Waals surface area contributed by atoms with E-state index in [4.69, 9.17) is 16.3 Å². The summed E-state index contributed by atoms with van der Waals surface area (Å²) in [6.45, 7) is 3.60. The minimum absolute atomic E-state index is 0.109. The number of sulfonamides is 1. The van der Waals surface area contributed by atoms with E-state index in [1.165, 1.54) is 11.5 Å². The van der Waals surface area contributed by atoms with Crippen molar-refractivity contribution in [2.75, 3.05) is 12.4 Å². The quantitative estimate of drug-likeness (QED) is 0.642. The fourth-order valence-electron chi connectivity index (χ4n) is 2.49. The zero-order chi connectivity index (χ0) is 20.5. The van der Waals surface area contributed by atoms with Crippen LogP contribution in [0.4, 0.5) is 10.7 Å². The van der Waals surface area contributed by atoms with Crippen LogP contribution in [-0.4, -0.2) is 40.9 Å². The Morgan fingerprint density at radius 3 is 2.71 bits per heavy atom. The van der Waals surface area contributed by atoms with Crippen molar-refractivity contribution >= 4 is 39.3 Å². The van der Waals surface area contributed by atoms with Crippen molar-refractivity contribution < 1.29 is 17.9 Å². The van der Waals surface area contributed by atoms with Crippen LogP contribution in [0, 0.1) is 6.92 Å². The lowest BCUT2D eigenvalue weighted by atomic mass is 10.2. The second kappa shape index (κ2) is 7.60. The van der Waals surface area contributed by atoms with E-state index in [1.54, 1.807) is 25.3 Å². The molecule has 0 radical (unpaired) electrons. The van der Waals surface area contributed by atoms with Crippen LogP contribution in [0.25, 0.3) is 5.65 Å². The molecule has 2 N–H and O–H groups in total. The van der Waals surface area contributed by atoms with Gasteiger partial charge in [0.25, 0.3) is 10.0 Å². The van der Waals surface area contributed by atoms with Gasteiger partial charge in [-0.3, -0.25) is 9.72 Å². The van der Waals surface area contributed by atoms with E-state index >= 15 is 0 Å². The number of fused-ring (bicyclic) bond motifs is 1. The third-order valence-corrected chi connectivity index (χ3v) is 5.48. The van der Waals surface area contributed by atoms with E-state index in [-0.39, 0.29) is 22.0 Å². The number of carbonyl (C=O) groups excluding carboxylic acids is 1. The van der Waals surface area contributed by atoms with Gasteiger partial charge in [0.1, 0.15) is 5.65 Å². The Hall–Kier alpha value is -2.92. The highest BCUT2D eigenvalue weighted by molar-refractivity contribution is 7.90. The molecule has 0 bridgehead atoms. The number of halogens is 1. The van der Waals surface area contributed by atoms with Gasteiger partial charge in [0.15, 0.2) is 10.2 Å². The zero-order valence-corrected chi connectivity index (χ0v) is 16.8. The second-order valence-electron chi connectivity index (χ2n) is 5.76. The number of imidazole rings is 1. The minimum atomic E-state index is -4.32. The normalized spacial score (nSPS) is 11.4. The van der Waals surface area contributed by atoms with Crippen LogP contribution in [0.3, 0.4) is 0 Å². The first-order valence-electron chi connectivity index (χ1n) is 8.13. The van der Waals surface area contributed by atoms with E-state index in [9.17, 15) is 13.2 Å². The number of ether oxygens (including phenoxy) is 1. The summed E-state index contributed by atoms with van der Waals surface area (Å²) >= 11 is 6.03. The van der Waals surface area contributed by atoms with Crippen LogP contribution < -0.4 is 14.8 Å². The first-order chi connectivity index (χ1) is 13.2. The van der Waals surface area contributed by atoms with Gasteiger partial charge in [0, 0.05) is 18.0 Å². The summed E-state index contributed by atoms with van der Waals surface area (Å²) in [6, 6.07) is 3.97. The molecule has 0 unspecified atom stereocenters. The van der Waals surface area contributed by atoms with Crippen molar-refractivity contribution in [2.45, 2.75) is 25.3 Å². The molecule has 0 fully saturated rings. The predicted molar refractivity (Wildman–Crippen MR) is 102 cm³/mol. The van der Waals surface area contributed by atoms with Gasteiger partial charge in [-0.25, -0.2) is 19.5 Å². The number of rotatable bonds is 5. The molecule has 3 rings (SSSR count). The maximum atomic E-state index is 12.7. The Bertz CT molecular complexity index is 1160. The minimum Gasteiger partial charge on any atom is -0.481 e. The Morgan fingerprint density at radius 1 is 1.29 bits per heavy atom. The number of amides is 2. The van der Waals surface area contributed by atoms with Crippen molar-refractivity contribution in [3.63, 3.8) is 0 Å². The molecule has 10 nitrogen and oxygen atoms in total. The van der Waals surface area contributed by atoms with Gasteiger partial charge in [-0.1, -0.05) is 24.6 Å². The molecule has 3 aromatic heterocycles. The van der Waals surface area contributed by atoms with Crippen LogP contribution in [0.5, 0.6) is 5.88 Å². The molecule has 3 aromatic rings. The molecule has 28 heavy (non-hydrogen) atoms. The van der Waals surface area contributed by atoms with Crippen molar-refractivity contribution in [1.82, 2.24) is 24.1 Å². The molecule has 0 saturated heterocycles. The topological polar surface area (TPSA) is 128 Å². The molecule has 2 amide bonds. The van der Waals surface area contributed by atoms with Crippen LogP contribution >= 0.6 is 11.6 Å². The number of hydrogen-bond donors (Lipinski definition) is 2. The summed E-state index contributed by atoms with van der Waals surface area (Å²) in [6.07, 6.45) is 2.29. The molecular weight excluding hydrogens is 408 g/mol. The number of urea groups is 1. The highest BCUT2D eigenvalue weighted by atomic mass is 35.5. The van der Waals surface area contributed by atoms with E-state index < -0.39 is 16.1 Å². The predicted octanol–water partition coefficient (Wildman–Crippen LogP) is 2.17. The standard InChI is InChI=1S/C16H17ClN6O4S/c1-4-10-5-6-11-19-13(17)14(23(11)8-10)28(25,26)22-16(24)21-15-18-9(2)7-12(20-15)27-3/h5-8H,4H2,1-3H3,(H2,18,20,21,22,24). The van der Waals surface area contributed by atoms with Crippen molar-refractivity contribution in [2.24, 2.45) is 0 Å². The third kappa shape index (κ3) is 3.99. The summed E-state index contributed by atoms with van der Waals surface area (Å²) in [5.74, 6) is 0.115. The number of aromatic nitrogens is 4. The lowest BCUT2D eigenvalue weighted by Gasteiger charge is -2.09. The third-order valence-electron chi connectivity index (χ3n) is 3.75. The number of nitrogens with zero attached hydrogens (tertiary/aromatic N) is 4. The van der Waals surface area contributed by atoms with Crippen molar-refractivity contribution in [3.8, 4) is 5.88 Å². The summed E-state index contributed by atoms with van der Waals surface area (Å²) < 4.78 is 33.7. The van der Waals surface area contributed by atoms with Crippen molar-refractivity contribution in [1.29, 1.82) is 0 Å². The molecule has 0 aliphatic heterocycles. The largest absolute Gasteiger partial charge is 0.481 e. The highest BCUT2D eigenvalue weighted by Crippen LogP contribution is 2.23. The molecule has 0 aromatic carbocycles. The molecular formula is C16H17ClN6O4S. The number of methoxy groups -OCH3 is 1. The van der Waals surface area contributed by atoms with E-state index in [1.807, 2.05) is 17.7 Å². The Labute approximate surface area is 166 Å². The van der Waals surface area contributed by atoms with Crippen molar-refractivity contribution in [3.05, 3.63) is 40.8 Å². The maximum Gasteiger partial charge on any atom is 0.335 e. The Morgan fingerprint density at radius 2 is 2.04 bits per heavy atom. The molecule has 0 atom stereocenters. The molecule has 12 heteroatoms. The van der Waals surface area contributed by atoms with E-state index in [2.05, 4.69) is 20.3 Å². The number of carbonyl (C=O) groups is 1. The van der Waals surface area contributed by atoms with Gasteiger partial charge in [-0.15, -0.1) is 0 Å². The van der Waals surface area contributed by atoms with Crippen LogP contribution in [0.15, 0.2) is 29.4 Å². The molecule has 0 aliphatic carbocycles. The lowest BCUT2D eigenvalue weighted by molar-refractivity contribution is 0.256. The first kappa shape index (κ1) is 19.8. The van der Waals surface area contributed by atoms with Gasteiger partial charge in [0.05, 0.1) is 7.11 Å². The molecule has 0 aliphatic rings. The van der Waals surface area contributed by atoms with Crippen LogP contribution in [-0.2, 0) is 16.4 Å². The van der Waals surface area contributed by atoms with Gasteiger partial charge in [-0.2, -0.15) is 13.4 Å². The van der Waals surface area contributed by atoms with Gasteiger partial charge in [0.2, 0.25) is 11.8 Å². The molecule has 0 saturated carbocycles. The first-order valence-corrected chi connectivity index (χ1v) is 9.99. The average molecular weight is 425 g/mol. The second-order valence-corrected chi connectivity index (χ2v) is 7.72. The SMILES string of the molecule is CCc1ccc2nc(Cl)c(S(=O)(=O)NC(=O)Nc3nc(C)cc(OC)n3)n2c1. The smallest absolute Gasteiger partial charge is 0.335 e. The lowest BCUT2D eigenvalue weighted by Crippen LogP contribution is -2.35. The van der Waals surface area contributed by atoms with E-state index in [0.29, 0.717) is 17.8 Å². The molecule has 0 spiro atoms. The summed E-state index contributed by atoms with van der Waals surface area (Å²) in [7, 11) is -2.91. The van der Waals surface area contributed by atoms with Gasteiger partial charge >= 0.3 is 6.03 Å². The zero-order valence-electron chi connectivity index (χ0n) is 15.2. The number of pyridine rings is 1. The fourth-order valence-corrected chi connectivity index (χ4v) is 4.03. The Kier molecular flexibility index (Phi) is 5.38. The maximum absolute atomic E-state index is 12.7. The summed E-state index contributed by atoms with van der Waals surface area (Å²) in [4.78, 5) is 24.2. The number of nitrogens with one attached hydrogen (secondary N) is 2. The average Bonchev–Trinajstić information content (AvgIpc) is 2.95. The monoisotopic (exact) mass is 424 g/mol. The fraction of sp³-hybridized carbons (Fsp3) is 0.250. The van der Waals surface area contributed by atoms with Gasteiger partial charge < -0.3 is 4.74 Å². The number of hydrogen-bond acceptors (Lipinski definition) is 7. The summed E-state index contributed by atoms with van der Waals surface area (Å²) in [5, 5.41) is 1.68. The summed E-state index contributed by atoms with van der Waals surface area (Å²) in [5.41, 5.74) is 1.75. The highest BCUT2D eigenvalue weighted by Gasteiger charge is 2.27.